The number of carbonyl (C=O) groups excluding carboxylic acids is 1. The van der Waals surface area contributed by atoms with Crippen molar-refractivity contribution in [3.05, 3.63) is 102 Å². The fraction of sp³-hybridized carbons (Fsp3) is 0.0769. The van der Waals surface area contributed by atoms with E-state index in [9.17, 15) is 13.2 Å². The molecule has 0 aliphatic carbocycles. The maximum Gasteiger partial charge on any atom is 0.256 e. The summed E-state index contributed by atoms with van der Waals surface area (Å²) in [6, 6.07) is 22.7. The molecule has 0 aliphatic rings. The number of hydrogen-bond acceptors (Lipinski definition) is 6. The molecule has 0 spiro atoms. The lowest BCUT2D eigenvalue weighted by Gasteiger charge is -2.18. The summed E-state index contributed by atoms with van der Waals surface area (Å²) in [6.07, 6.45) is 1.20. The van der Waals surface area contributed by atoms with Crippen LogP contribution in [-0.2, 0) is 20.4 Å². The average Bonchev–Trinajstić information content (AvgIpc) is 3.34. The fourth-order valence-corrected chi connectivity index (χ4v) is 5.57. The number of sulfone groups is 1. The number of thiazole rings is 1. The van der Waals surface area contributed by atoms with Gasteiger partial charge in [-0.25, -0.2) is 13.4 Å². The van der Waals surface area contributed by atoms with Gasteiger partial charge in [0.1, 0.15) is 5.75 Å². The van der Waals surface area contributed by atoms with Crippen molar-refractivity contribution in [2.24, 2.45) is 0 Å². The second-order valence-electron chi connectivity index (χ2n) is 7.36. The molecule has 172 valence electrons. The number of aromatic nitrogens is 1. The lowest BCUT2D eigenvalue weighted by Crippen LogP contribution is -2.23. The van der Waals surface area contributed by atoms with E-state index in [-0.39, 0.29) is 16.6 Å². The summed E-state index contributed by atoms with van der Waals surface area (Å²) in [4.78, 5) is 18.9. The van der Waals surface area contributed by atoms with Crippen molar-refractivity contribution in [3.63, 3.8) is 0 Å². The van der Waals surface area contributed by atoms with Crippen LogP contribution in [0.4, 0.5) is 10.8 Å². The SMILES string of the molecule is C=CC(=O)N(c1ccc(S(=O)(=O)Cc2ccccc2)cc1)c1nc(-c2ccc(OC)cc2)cs1. The number of benzene rings is 3. The number of carbonyl (C=O) groups is 1. The monoisotopic (exact) mass is 490 g/mol. The van der Waals surface area contributed by atoms with Crippen LogP contribution in [0.5, 0.6) is 5.75 Å². The molecule has 1 heterocycles. The summed E-state index contributed by atoms with van der Waals surface area (Å²) in [5.41, 5.74) is 2.81. The van der Waals surface area contributed by atoms with Crippen LogP contribution in [0.25, 0.3) is 11.3 Å². The van der Waals surface area contributed by atoms with Crippen LogP contribution < -0.4 is 9.64 Å². The summed E-state index contributed by atoms with van der Waals surface area (Å²) < 4.78 is 30.9. The van der Waals surface area contributed by atoms with Crippen molar-refractivity contribution >= 4 is 37.9 Å². The molecule has 4 aromatic rings. The van der Waals surface area contributed by atoms with E-state index < -0.39 is 9.84 Å². The Morgan fingerprint density at radius 3 is 2.32 bits per heavy atom. The van der Waals surface area contributed by atoms with E-state index in [1.165, 1.54) is 34.4 Å². The molecule has 0 unspecified atom stereocenters. The van der Waals surface area contributed by atoms with Crippen LogP contribution in [0.15, 0.2) is 102 Å². The van der Waals surface area contributed by atoms with E-state index in [1.807, 2.05) is 35.7 Å². The van der Waals surface area contributed by atoms with Crippen molar-refractivity contribution < 1.29 is 17.9 Å². The Hall–Kier alpha value is -3.75. The molecule has 0 fully saturated rings. The minimum Gasteiger partial charge on any atom is -0.497 e. The van der Waals surface area contributed by atoms with Crippen molar-refractivity contribution in [1.29, 1.82) is 0 Å². The predicted octanol–water partition coefficient (Wildman–Crippen LogP) is 5.64. The van der Waals surface area contributed by atoms with Gasteiger partial charge in [-0.05, 0) is 60.2 Å². The summed E-state index contributed by atoms with van der Waals surface area (Å²) >= 11 is 1.31. The topological polar surface area (TPSA) is 76.6 Å². The smallest absolute Gasteiger partial charge is 0.256 e. The van der Waals surface area contributed by atoms with Crippen LogP contribution in [-0.4, -0.2) is 26.4 Å². The highest BCUT2D eigenvalue weighted by molar-refractivity contribution is 7.90. The number of hydrogen-bond donors (Lipinski definition) is 0. The second-order valence-corrected chi connectivity index (χ2v) is 10.2. The highest BCUT2D eigenvalue weighted by atomic mass is 32.2. The molecule has 6 nitrogen and oxygen atoms in total. The van der Waals surface area contributed by atoms with Crippen molar-refractivity contribution in [2.75, 3.05) is 12.0 Å². The third-order valence-corrected chi connectivity index (χ3v) is 7.65. The van der Waals surface area contributed by atoms with Gasteiger partial charge in [-0.2, -0.15) is 0 Å². The molecule has 0 saturated carbocycles. The van der Waals surface area contributed by atoms with Gasteiger partial charge < -0.3 is 4.74 Å². The van der Waals surface area contributed by atoms with E-state index >= 15 is 0 Å². The molecule has 0 saturated heterocycles. The molecule has 8 heteroatoms. The zero-order chi connectivity index (χ0) is 24.1. The Bertz CT molecular complexity index is 1400. The van der Waals surface area contributed by atoms with Gasteiger partial charge in [-0.1, -0.05) is 36.9 Å². The molecule has 0 atom stereocenters. The molecule has 0 bridgehead atoms. The lowest BCUT2D eigenvalue weighted by molar-refractivity contribution is -0.113. The van der Waals surface area contributed by atoms with Crippen LogP contribution in [0.2, 0.25) is 0 Å². The van der Waals surface area contributed by atoms with Crippen molar-refractivity contribution in [1.82, 2.24) is 4.98 Å². The van der Waals surface area contributed by atoms with Gasteiger partial charge in [0, 0.05) is 10.9 Å². The maximum absolute atomic E-state index is 12.8. The molecular weight excluding hydrogens is 468 g/mol. The highest BCUT2D eigenvalue weighted by Gasteiger charge is 2.21. The molecular formula is C26H22N2O4S2. The quantitative estimate of drug-likeness (QED) is 0.299. The first-order valence-electron chi connectivity index (χ1n) is 10.3. The van der Waals surface area contributed by atoms with Crippen LogP contribution >= 0.6 is 11.3 Å². The summed E-state index contributed by atoms with van der Waals surface area (Å²) in [7, 11) is -1.93. The molecule has 0 N–H and O–H groups in total. The normalized spacial score (nSPS) is 11.1. The van der Waals surface area contributed by atoms with Crippen molar-refractivity contribution in [2.45, 2.75) is 10.6 Å². The predicted molar refractivity (Wildman–Crippen MR) is 135 cm³/mol. The Morgan fingerprint density at radius 2 is 1.71 bits per heavy atom. The Labute approximate surface area is 202 Å². The minimum absolute atomic E-state index is 0.0970. The van der Waals surface area contributed by atoms with Crippen LogP contribution in [0.3, 0.4) is 0 Å². The van der Waals surface area contributed by atoms with Gasteiger partial charge in [0.05, 0.1) is 29.1 Å². The van der Waals surface area contributed by atoms with E-state index in [0.717, 1.165) is 11.3 Å². The minimum atomic E-state index is -3.53. The standard InChI is InChI=1S/C26H22N2O4S2/c1-3-25(29)28(26-27-24(17-33-26)20-9-13-22(32-2)14-10-20)21-11-15-23(16-12-21)34(30,31)18-19-7-5-4-6-8-19/h3-17H,1,18H2,2H3. The largest absolute Gasteiger partial charge is 0.497 e. The van der Waals surface area contributed by atoms with Gasteiger partial charge in [0.15, 0.2) is 15.0 Å². The van der Waals surface area contributed by atoms with Gasteiger partial charge in [0.25, 0.3) is 5.91 Å². The van der Waals surface area contributed by atoms with Gasteiger partial charge in [0.2, 0.25) is 0 Å². The van der Waals surface area contributed by atoms with Gasteiger partial charge in [-0.15, -0.1) is 11.3 Å². The fourth-order valence-electron chi connectivity index (χ4n) is 3.36. The first kappa shape index (κ1) is 23.4. The highest BCUT2D eigenvalue weighted by Crippen LogP contribution is 2.33. The lowest BCUT2D eigenvalue weighted by atomic mass is 10.2. The average molecular weight is 491 g/mol. The number of amides is 1. The molecule has 34 heavy (non-hydrogen) atoms. The maximum atomic E-state index is 12.8. The molecule has 1 amide bonds. The second kappa shape index (κ2) is 10.0. The van der Waals surface area contributed by atoms with E-state index in [0.29, 0.717) is 22.1 Å². The molecule has 0 aliphatic heterocycles. The first-order valence-corrected chi connectivity index (χ1v) is 12.9. The third-order valence-electron chi connectivity index (χ3n) is 5.12. The number of rotatable bonds is 8. The third kappa shape index (κ3) is 5.08. The van der Waals surface area contributed by atoms with Crippen molar-refractivity contribution in [3.8, 4) is 17.0 Å². The van der Waals surface area contributed by atoms with E-state index in [2.05, 4.69) is 11.6 Å². The van der Waals surface area contributed by atoms with Crippen LogP contribution in [0.1, 0.15) is 5.56 Å². The van der Waals surface area contributed by atoms with E-state index in [1.54, 1.807) is 43.5 Å². The Morgan fingerprint density at radius 1 is 1.03 bits per heavy atom. The number of methoxy groups -OCH3 is 1. The summed E-state index contributed by atoms with van der Waals surface area (Å²) in [5.74, 6) is 0.278. The van der Waals surface area contributed by atoms with Gasteiger partial charge in [-0.3, -0.25) is 9.69 Å². The first-order chi connectivity index (χ1) is 16.4. The van der Waals surface area contributed by atoms with E-state index in [4.69, 9.17) is 4.74 Å². The van der Waals surface area contributed by atoms with Crippen LogP contribution in [0, 0.1) is 0 Å². The number of ether oxygens (including phenoxy) is 1. The Balaban J connectivity index is 1.62. The molecule has 3 aromatic carbocycles. The summed E-state index contributed by atoms with van der Waals surface area (Å²) in [6.45, 7) is 3.60. The molecule has 0 radical (unpaired) electrons. The zero-order valence-corrected chi connectivity index (χ0v) is 20.1. The Kier molecular flexibility index (Phi) is 6.90. The molecule has 1 aromatic heterocycles. The molecule has 4 rings (SSSR count). The van der Waals surface area contributed by atoms with Gasteiger partial charge >= 0.3 is 0 Å². The number of anilines is 2. The summed E-state index contributed by atoms with van der Waals surface area (Å²) in [5, 5.41) is 2.31. The zero-order valence-electron chi connectivity index (χ0n) is 18.4. The number of nitrogens with zero attached hydrogens (tertiary/aromatic N) is 2.